The van der Waals surface area contributed by atoms with Crippen molar-refractivity contribution in [3.63, 3.8) is 0 Å². The van der Waals surface area contributed by atoms with Crippen LogP contribution in [0.2, 0.25) is 0 Å². The van der Waals surface area contributed by atoms with Crippen molar-refractivity contribution < 1.29 is 23.9 Å². The van der Waals surface area contributed by atoms with Gasteiger partial charge >= 0.3 is 0 Å². The monoisotopic (exact) mass is 354 g/mol. The molecule has 0 atom stereocenters. The molecule has 0 fully saturated rings. The summed E-state index contributed by atoms with van der Waals surface area (Å²) in [6, 6.07) is 0. The number of hydrogen-bond acceptors (Lipinski definition) is 5. The van der Waals surface area contributed by atoms with E-state index in [1.807, 2.05) is 34.6 Å². The summed E-state index contributed by atoms with van der Waals surface area (Å²) < 4.78 is 11.5. The number of carbonyl (C=O) groups is 3. The molecule has 1 heterocycles. The van der Waals surface area contributed by atoms with Gasteiger partial charge in [-0.15, -0.1) is 0 Å². The number of ether oxygens (including phenoxy) is 2. The molecule has 0 aromatic carbocycles. The Hall–Kier alpha value is -1.73. The second-order valence-electron chi connectivity index (χ2n) is 7.24. The summed E-state index contributed by atoms with van der Waals surface area (Å²) in [7, 11) is 0. The van der Waals surface area contributed by atoms with Gasteiger partial charge in [0.15, 0.2) is 0 Å². The van der Waals surface area contributed by atoms with Crippen molar-refractivity contribution in [2.24, 2.45) is 0 Å². The van der Waals surface area contributed by atoms with Crippen LogP contribution in [0.15, 0.2) is 12.2 Å². The van der Waals surface area contributed by atoms with E-state index in [0.29, 0.717) is 19.8 Å². The van der Waals surface area contributed by atoms with Gasteiger partial charge in [-0.3, -0.25) is 19.3 Å². The van der Waals surface area contributed by atoms with Crippen molar-refractivity contribution in [2.75, 3.05) is 26.3 Å². The van der Waals surface area contributed by atoms with Crippen molar-refractivity contribution in [1.82, 2.24) is 10.2 Å². The molecule has 7 heteroatoms. The van der Waals surface area contributed by atoms with E-state index in [0.717, 1.165) is 11.3 Å². The van der Waals surface area contributed by atoms with E-state index in [1.165, 1.54) is 12.2 Å². The summed E-state index contributed by atoms with van der Waals surface area (Å²) in [6.07, 6.45) is 3.25. The Kier molecular flexibility index (Phi) is 7.76. The maximum atomic E-state index is 11.9. The van der Waals surface area contributed by atoms with Gasteiger partial charge in [-0.2, -0.15) is 0 Å². The van der Waals surface area contributed by atoms with E-state index in [2.05, 4.69) is 5.32 Å². The molecule has 0 bridgehead atoms. The van der Waals surface area contributed by atoms with Gasteiger partial charge in [-0.25, -0.2) is 0 Å². The third-order valence-electron chi connectivity index (χ3n) is 3.91. The predicted molar refractivity (Wildman–Crippen MR) is 93.8 cm³/mol. The van der Waals surface area contributed by atoms with Crippen LogP contribution in [-0.2, 0) is 23.9 Å². The van der Waals surface area contributed by atoms with E-state index < -0.39 is 5.60 Å². The number of carbonyl (C=O) groups excluding carboxylic acids is 3. The first-order chi connectivity index (χ1) is 11.6. The second-order valence-corrected chi connectivity index (χ2v) is 7.24. The summed E-state index contributed by atoms with van der Waals surface area (Å²) >= 11 is 0. The topological polar surface area (TPSA) is 84.9 Å². The molecule has 1 aliphatic rings. The molecule has 1 rings (SSSR count). The van der Waals surface area contributed by atoms with Gasteiger partial charge in [-0.1, -0.05) is 0 Å². The molecule has 0 radical (unpaired) electrons. The van der Waals surface area contributed by atoms with Crippen LogP contribution in [0.1, 0.15) is 47.5 Å². The maximum Gasteiger partial charge on any atom is 0.253 e. The lowest BCUT2D eigenvalue weighted by Crippen LogP contribution is -2.42. The van der Waals surface area contributed by atoms with Crippen LogP contribution in [0.3, 0.4) is 0 Å². The lowest BCUT2D eigenvalue weighted by Gasteiger charge is -2.29. The molecule has 0 aromatic rings. The van der Waals surface area contributed by atoms with Crippen molar-refractivity contribution in [3.05, 3.63) is 12.2 Å². The lowest BCUT2D eigenvalue weighted by atomic mass is 10.1. The van der Waals surface area contributed by atoms with E-state index in [4.69, 9.17) is 9.47 Å². The van der Waals surface area contributed by atoms with Crippen LogP contribution in [0, 0.1) is 0 Å². The molecular formula is C18H30N2O5. The molecule has 0 saturated carbocycles. The maximum absolute atomic E-state index is 11.9. The zero-order valence-corrected chi connectivity index (χ0v) is 15.9. The van der Waals surface area contributed by atoms with E-state index in [1.54, 1.807) is 0 Å². The van der Waals surface area contributed by atoms with Crippen LogP contribution < -0.4 is 5.32 Å². The highest BCUT2D eigenvalue weighted by molar-refractivity contribution is 6.13. The van der Waals surface area contributed by atoms with Crippen LogP contribution in [0.5, 0.6) is 0 Å². The molecule has 0 unspecified atom stereocenters. The minimum atomic E-state index is -0.515. The third kappa shape index (κ3) is 7.79. The Morgan fingerprint density at radius 2 is 1.68 bits per heavy atom. The molecule has 7 nitrogen and oxygen atoms in total. The Bertz CT molecular complexity index is 508. The molecule has 25 heavy (non-hydrogen) atoms. The Balaban J connectivity index is 2.27. The fourth-order valence-electron chi connectivity index (χ4n) is 2.35. The molecule has 1 N–H and O–H groups in total. The van der Waals surface area contributed by atoms with Crippen molar-refractivity contribution >= 4 is 17.7 Å². The Morgan fingerprint density at radius 1 is 1.08 bits per heavy atom. The normalized spacial score (nSPS) is 15.2. The summed E-state index contributed by atoms with van der Waals surface area (Å²) in [5.41, 5.74) is -0.754. The average Bonchev–Trinajstić information content (AvgIpc) is 2.81. The second kappa shape index (κ2) is 9.10. The zero-order chi connectivity index (χ0) is 19.1. The van der Waals surface area contributed by atoms with E-state index in [-0.39, 0.29) is 36.3 Å². The number of nitrogens with one attached hydrogen (secondary N) is 1. The zero-order valence-electron chi connectivity index (χ0n) is 15.9. The largest absolute Gasteiger partial charge is 0.376 e. The lowest BCUT2D eigenvalue weighted by molar-refractivity contribution is -0.137. The Morgan fingerprint density at radius 3 is 2.24 bits per heavy atom. The van der Waals surface area contributed by atoms with Gasteiger partial charge in [-0.05, 0) is 41.0 Å². The molecule has 142 valence electrons. The predicted octanol–water partition coefficient (Wildman–Crippen LogP) is 1.42. The third-order valence-corrected chi connectivity index (χ3v) is 3.91. The molecule has 3 amide bonds. The fraction of sp³-hybridized carbons (Fsp3) is 0.722. The molecule has 0 aliphatic carbocycles. The van der Waals surface area contributed by atoms with Gasteiger partial charge < -0.3 is 14.8 Å². The van der Waals surface area contributed by atoms with Crippen molar-refractivity contribution in [1.29, 1.82) is 0 Å². The number of amides is 3. The van der Waals surface area contributed by atoms with Crippen molar-refractivity contribution in [3.8, 4) is 0 Å². The first-order valence-electron chi connectivity index (χ1n) is 8.64. The van der Waals surface area contributed by atoms with Crippen LogP contribution in [0.4, 0.5) is 0 Å². The number of nitrogens with zero attached hydrogens (tertiary/aromatic N) is 1. The van der Waals surface area contributed by atoms with Gasteiger partial charge in [0.2, 0.25) is 5.91 Å². The number of rotatable bonds is 11. The first kappa shape index (κ1) is 21.3. The first-order valence-corrected chi connectivity index (χ1v) is 8.64. The quantitative estimate of drug-likeness (QED) is 0.567. The summed E-state index contributed by atoms with van der Waals surface area (Å²) in [5, 5.41) is 2.78. The molecule has 1 aliphatic heterocycles. The Labute approximate surface area is 149 Å². The smallest absolute Gasteiger partial charge is 0.253 e. The molecular weight excluding hydrogens is 324 g/mol. The van der Waals surface area contributed by atoms with Gasteiger partial charge in [0, 0.05) is 38.3 Å². The number of hydrogen-bond donors (Lipinski definition) is 1. The van der Waals surface area contributed by atoms with Crippen LogP contribution in [0.25, 0.3) is 0 Å². The standard InChI is InChI=1S/C18H30N2O5/c1-6-24-17(2,3)10-12-25-18(4,5)13-19-14(21)9-11-20-15(22)7-8-16(20)23/h7-8H,6,9-13H2,1-5H3,(H,19,21). The average molecular weight is 354 g/mol. The molecule has 0 saturated heterocycles. The molecule has 0 aromatic heterocycles. The fourth-order valence-corrected chi connectivity index (χ4v) is 2.35. The summed E-state index contributed by atoms with van der Waals surface area (Å²) in [5.74, 6) is -0.976. The van der Waals surface area contributed by atoms with Crippen LogP contribution >= 0.6 is 0 Å². The number of imide groups is 1. The minimum Gasteiger partial charge on any atom is -0.376 e. The molecule has 0 spiro atoms. The van der Waals surface area contributed by atoms with Crippen molar-refractivity contribution in [2.45, 2.75) is 58.7 Å². The SMILES string of the molecule is CCOC(C)(C)CCOC(C)(C)CNC(=O)CCN1C(=O)C=CC1=O. The van der Waals surface area contributed by atoms with Gasteiger partial charge in [0.05, 0.1) is 17.8 Å². The van der Waals surface area contributed by atoms with Crippen LogP contribution in [-0.4, -0.2) is 60.1 Å². The highest BCUT2D eigenvalue weighted by atomic mass is 16.5. The minimum absolute atomic E-state index is 0.0760. The van der Waals surface area contributed by atoms with E-state index in [9.17, 15) is 14.4 Å². The highest BCUT2D eigenvalue weighted by Crippen LogP contribution is 2.17. The van der Waals surface area contributed by atoms with Gasteiger partial charge in [0.25, 0.3) is 11.8 Å². The van der Waals surface area contributed by atoms with Gasteiger partial charge in [0.1, 0.15) is 0 Å². The summed E-state index contributed by atoms with van der Waals surface area (Å²) in [6.45, 7) is 11.4. The highest BCUT2D eigenvalue weighted by Gasteiger charge is 2.25. The summed E-state index contributed by atoms with van der Waals surface area (Å²) in [4.78, 5) is 35.8. The van der Waals surface area contributed by atoms with E-state index >= 15 is 0 Å².